The zero-order chi connectivity index (χ0) is 14.1. The van der Waals surface area contributed by atoms with Crippen molar-refractivity contribution >= 4 is 41.0 Å². The van der Waals surface area contributed by atoms with Crippen LogP contribution in [0.5, 0.6) is 0 Å². The second kappa shape index (κ2) is 5.76. The molecule has 3 rings (SSSR count). The van der Waals surface area contributed by atoms with Crippen molar-refractivity contribution in [3.63, 3.8) is 0 Å². The van der Waals surface area contributed by atoms with Crippen LogP contribution in [0.3, 0.4) is 0 Å². The number of hydrogen-bond donors (Lipinski definition) is 0. The highest BCUT2D eigenvalue weighted by Crippen LogP contribution is 2.15. The molecule has 0 N–H and O–H groups in total. The van der Waals surface area contributed by atoms with E-state index in [2.05, 4.69) is 42.3 Å². The molecule has 102 valence electrons. The lowest BCUT2D eigenvalue weighted by molar-refractivity contribution is 0.259. The van der Waals surface area contributed by atoms with E-state index in [9.17, 15) is 4.79 Å². The van der Waals surface area contributed by atoms with Crippen molar-refractivity contribution < 1.29 is 0 Å². The van der Waals surface area contributed by atoms with Crippen LogP contribution < -0.4 is 5.56 Å². The molecule has 1 aliphatic rings. The molecule has 4 nitrogen and oxygen atoms in total. The number of halogens is 1. The quantitative estimate of drug-likeness (QED) is 0.505. The van der Waals surface area contributed by atoms with Crippen molar-refractivity contribution in [1.82, 2.24) is 14.5 Å². The maximum atomic E-state index is 12.5. The van der Waals surface area contributed by atoms with Gasteiger partial charge in [0.2, 0.25) is 0 Å². The minimum atomic E-state index is 0.0564. The molecule has 0 fully saturated rings. The van der Waals surface area contributed by atoms with E-state index in [4.69, 9.17) is 0 Å². The Hall–Kier alpha value is -1.04. The molecule has 2 heterocycles. The van der Waals surface area contributed by atoms with Crippen LogP contribution in [0.25, 0.3) is 10.9 Å². The third kappa shape index (κ3) is 2.57. The van der Waals surface area contributed by atoms with Gasteiger partial charge in [0, 0.05) is 39.9 Å². The molecular weight excluding hydrogens is 385 g/mol. The Morgan fingerprint density at radius 3 is 3.05 bits per heavy atom. The fourth-order valence-corrected chi connectivity index (χ4v) is 2.85. The minimum Gasteiger partial charge on any atom is -0.297 e. The fraction of sp³-hybridized carbons (Fsp3) is 0.286. The van der Waals surface area contributed by atoms with E-state index >= 15 is 0 Å². The second-order valence-corrected chi connectivity index (χ2v) is 6.44. The van der Waals surface area contributed by atoms with Gasteiger partial charge in [-0.05, 0) is 39.4 Å². The molecule has 0 saturated carbocycles. The van der Waals surface area contributed by atoms with E-state index < -0.39 is 0 Å². The van der Waals surface area contributed by atoms with Crippen LogP contribution in [0.4, 0.5) is 0 Å². The van der Waals surface area contributed by atoms with Gasteiger partial charge in [-0.15, -0.1) is 0 Å². The summed E-state index contributed by atoms with van der Waals surface area (Å²) in [5.74, 6) is 3.88. The smallest absolute Gasteiger partial charge is 0.261 e. The van der Waals surface area contributed by atoms with Crippen LogP contribution in [0.15, 0.2) is 23.0 Å². The van der Waals surface area contributed by atoms with E-state index in [0.717, 1.165) is 23.4 Å². The van der Waals surface area contributed by atoms with Gasteiger partial charge in [-0.2, -0.15) is 0 Å². The molecule has 0 atom stereocenters. The summed E-state index contributed by atoms with van der Waals surface area (Å²) in [6, 6.07) is 5.61. The van der Waals surface area contributed by atoms with Gasteiger partial charge in [0.1, 0.15) is 5.82 Å². The van der Waals surface area contributed by atoms with Crippen LogP contribution in [0.1, 0.15) is 11.4 Å². The Kier molecular flexibility index (Phi) is 4.01. The van der Waals surface area contributed by atoms with Crippen LogP contribution >= 0.6 is 30.1 Å². The number of hydrogen-bond acceptors (Lipinski definition) is 4. The van der Waals surface area contributed by atoms with Crippen LogP contribution in [0, 0.1) is 11.2 Å². The van der Waals surface area contributed by atoms with Gasteiger partial charge in [-0.25, -0.2) is 4.98 Å². The summed E-state index contributed by atoms with van der Waals surface area (Å²) in [4.78, 5) is 19.3. The first-order valence-corrected chi connectivity index (χ1v) is 9.55. The number of fused-ring (bicyclic) bond motifs is 2. The van der Waals surface area contributed by atoms with E-state index in [1.54, 1.807) is 4.57 Å². The zero-order valence-corrected chi connectivity index (χ0v) is 13.9. The zero-order valence-electron chi connectivity index (χ0n) is 10.9. The Bertz CT molecular complexity index is 791. The van der Waals surface area contributed by atoms with Crippen molar-refractivity contribution in [2.75, 3.05) is 13.6 Å². The predicted molar refractivity (Wildman–Crippen MR) is 90.8 cm³/mol. The van der Waals surface area contributed by atoms with Crippen molar-refractivity contribution in [1.29, 1.82) is 0 Å². The summed E-state index contributed by atoms with van der Waals surface area (Å²) >= 11 is 2.14. The lowest BCUT2D eigenvalue weighted by Crippen LogP contribution is -2.38. The molecule has 1 aromatic heterocycles. The van der Waals surface area contributed by atoms with E-state index in [1.165, 1.54) is 8.93 Å². The first-order valence-electron chi connectivity index (χ1n) is 6.19. The first kappa shape index (κ1) is 13.9. The number of likely N-dealkylation sites (N-methyl/N-ethyl adjacent to an activating group) is 1. The molecule has 0 amide bonds. The highest BCUT2D eigenvalue weighted by Gasteiger charge is 2.17. The number of nitrogens with zero attached hydrogens (tertiary/aromatic N) is 3. The van der Waals surface area contributed by atoms with E-state index in [-0.39, 0.29) is 5.56 Å². The van der Waals surface area contributed by atoms with Crippen LogP contribution in [-0.2, 0) is 13.1 Å². The molecule has 0 spiro atoms. The third-order valence-electron chi connectivity index (χ3n) is 3.38. The molecular formula is C14H12IN3OS. The summed E-state index contributed by atoms with van der Waals surface area (Å²) < 4.78 is 1.79. The number of rotatable bonds is 0. The molecule has 1 aliphatic heterocycles. The fourth-order valence-electron chi connectivity index (χ4n) is 2.37. The lowest BCUT2D eigenvalue weighted by atomic mass is 10.1. The molecule has 0 bridgehead atoms. The van der Waals surface area contributed by atoms with Crippen molar-refractivity contribution in [3.05, 3.63) is 39.9 Å². The maximum Gasteiger partial charge on any atom is 0.261 e. The van der Waals surface area contributed by atoms with Gasteiger partial charge in [-0.1, -0.05) is 5.92 Å². The highest BCUT2D eigenvalue weighted by molar-refractivity contribution is 14.2. The van der Waals surface area contributed by atoms with Gasteiger partial charge < -0.3 is 0 Å². The highest BCUT2D eigenvalue weighted by atomic mass is 127. The van der Waals surface area contributed by atoms with Crippen molar-refractivity contribution in [2.24, 2.45) is 0 Å². The van der Waals surface area contributed by atoms with E-state index in [0.29, 0.717) is 18.5 Å². The largest absolute Gasteiger partial charge is 0.297 e. The Balaban J connectivity index is 2.19. The van der Waals surface area contributed by atoms with Gasteiger partial charge in [0.25, 0.3) is 5.56 Å². The van der Waals surface area contributed by atoms with E-state index in [1.807, 2.05) is 25.2 Å². The molecule has 2 aromatic rings. The van der Waals surface area contributed by atoms with Crippen LogP contribution in [-0.4, -0.2) is 28.0 Å². The topological polar surface area (TPSA) is 38.1 Å². The molecule has 0 radical (unpaired) electrons. The standard InChI is InChI=1S/C14H12IN3OS/c1-17-5-6-18-13(9-17)16-12-8-10(4-7-20-15)2-3-11(12)14(18)19/h2-3,8H,5-6,9H2,1H3. The Labute approximate surface area is 133 Å². The van der Waals surface area contributed by atoms with Crippen LogP contribution in [0.2, 0.25) is 0 Å². The summed E-state index contributed by atoms with van der Waals surface area (Å²) in [6.45, 7) is 2.31. The summed E-state index contributed by atoms with van der Waals surface area (Å²) in [5.41, 5.74) is 1.69. The molecule has 1 aromatic carbocycles. The normalized spacial score (nSPS) is 14.7. The van der Waals surface area contributed by atoms with Gasteiger partial charge >= 0.3 is 0 Å². The molecule has 20 heavy (non-hydrogen) atoms. The van der Waals surface area contributed by atoms with Crippen molar-refractivity contribution in [2.45, 2.75) is 13.1 Å². The third-order valence-corrected chi connectivity index (χ3v) is 4.22. The van der Waals surface area contributed by atoms with Gasteiger partial charge in [0.15, 0.2) is 0 Å². The monoisotopic (exact) mass is 397 g/mol. The lowest BCUT2D eigenvalue weighted by Gasteiger charge is -2.25. The SMILES string of the molecule is CN1CCn2c(nc3cc(C#CSI)ccc3c2=O)C1. The molecule has 0 saturated heterocycles. The average Bonchev–Trinajstić information content (AvgIpc) is 2.44. The number of benzene rings is 1. The van der Waals surface area contributed by atoms with Crippen molar-refractivity contribution in [3.8, 4) is 11.2 Å². The second-order valence-electron chi connectivity index (χ2n) is 4.76. The predicted octanol–water partition coefficient (Wildman–Crippen LogP) is 2.23. The summed E-state index contributed by atoms with van der Waals surface area (Å²) in [6.07, 6.45) is 0. The minimum absolute atomic E-state index is 0.0564. The summed E-state index contributed by atoms with van der Waals surface area (Å²) in [7, 11) is 3.49. The maximum absolute atomic E-state index is 12.5. The Morgan fingerprint density at radius 1 is 1.40 bits per heavy atom. The van der Waals surface area contributed by atoms with Gasteiger partial charge in [0.05, 0.1) is 17.4 Å². The average molecular weight is 397 g/mol. The molecule has 0 aliphatic carbocycles. The Morgan fingerprint density at radius 2 is 2.25 bits per heavy atom. The summed E-state index contributed by atoms with van der Waals surface area (Å²) in [5, 5.41) is 3.62. The van der Waals surface area contributed by atoms with Gasteiger partial charge in [-0.3, -0.25) is 14.3 Å². The first-order chi connectivity index (χ1) is 9.69. The molecule has 0 unspecified atom stereocenters. The molecule has 6 heteroatoms. The number of aromatic nitrogens is 2.